The fraction of sp³-hybridized carbons (Fsp3) is 0.568. The highest BCUT2D eigenvalue weighted by Crippen LogP contribution is 2.76. The Morgan fingerprint density at radius 3 is 2.39 bits per heavy atom. The van der Waals surface area contributed by atoms with Gasteiger partial charge in [-0.15, -0.1) is 0 Å². The maximum atomic E-state index is 13.7. The molecule has 3 saturated carbocycles. The van der Waals surface area contributed by atoms with Crippen molar-refractivity contribution in [2.45, 2.75) is 99.5 Å². The molecule has 6 atom stereocenters. The maximum Gasteiger partial charge on any atom is 0.312 e. The number of allylic oxidation sites excluding steroid dienone is 7. The van der Waals surface area contributed by atoms with Crippen LogP contribution < -0.4 is 0 Å². The second kappa shape index (κ2) is 9.31. The summed E-state index contributed by atoms with van der Waals surface area (Å²) in [6.45, 7) is 14.0. The Morgan fingerprint density at radius 1 is 0.976 bits per heavy atom. The van der Waals surface area contributed by atoms with Crippen molar-refractivity contribution < 1.29 is 19.4 Å². The van der Waals surface area contributed by atoms with E-state index in [1.54, 1.807) is 6.08 Å². The zero-order valence-corrected chi connectivity index (χ0v) is 25.7. The first kappa shape index (κ1) is 28.2. The number of carbonyl (C=O) groups is 2. The average molecular weight is 555 g/mol. The summed E-state index contributed by atoms with van der Waals surface area (Å²) < 4.78 is 5.98. The Labute approximate surface area is 245 Å². The summed E-state index contributed by atoms with van der Waals surface area (Å²) in [4.78, 5) is 26.5. The maximum absolute atomic E-state index is 13.7. The predicted molar refractivity (Wildman–Crippen MR) is 162 cm³/mol. The molecule has 4 heteroatoms. The van der Waals surface area contributed by atoms with Gasteiger partial charge in [0.05, 0.1) is 5.41 Å². The number of aliphatic hydroxyl groups excluding tert-OH is 1. The minimum absolute atomic E-state index is 0.0475. The van der Waals surface area contributed by atoms with E-state index in [0.29, 0.717) is 18.1 Å². The molecule has 5 aliphatic carbocycles. The van der Waals surface area contributed by atoms with Crippen LogP contribution in [-0.2, 0) is 20.9 Å². The molecule has 0 unspecified atom stereocenters. The third-order valence-corrected chi connectivity index (χ3v) is 12.9. The van der Waals surface area contributed by atoms with E-state index in [0.717, 1.165) is 68.1 Å². The Kier molecular flexibility index (Phi) is 6.42. The molecule has 4 nitrogen and oxygen atoms in total. The lowest BCUT2D eigenvalue weighted by molar-refractivity contribution is -0.188. The van der Waals surface area contributed by atoms with Crippen molar-refractivity contribution in [3.05, 3.63) is 82.2 Å². The standard InChI is InChI=1S/C37H46O4/c1-7-37-20-18-35(5)27-21-28(38)31(39)24(2)26(27)13-14-29(35)36(37,6)19-17-33(3)15-16-34(4,22-30(33)37)32(40)41-23-25-11-9-8-10-12-25/h8-14,21,30,39H,7,15-20,22-23H2,1-6H3/t30-,33-,34-,35+,36-,37+/m1/s1. The first-order valence-corrected chi connectivity index (χ1v) is 15.6. The van der Waals surface area contributed by atoms with Gasteiger partial charge in [-0.25, -0.2) is 0 Å². The molecule has 41 heavy (non-hydrogen) atoms. The van der Waals surface area contributed by atoms with Crippen molar-refractivity contribution in [3.8, 4) is 0 Å². The van der Waals surface area contributed by atoms with Crippen LogP contribution in [0.4, 0.5) is 0 Å². The number of fused-ring (bicyclic) bond motifs is 7. The number of ketones is 1. The number of aliphatic hydroxyl groups is 1. The summed E-state index contributed by atoms with van der Waals surface area (Å²) in [6.07, 6.45) is 14.3. The molecule has 0 radical (unpaired) electrons. The topological polar surface area (TPSA) is 63.6 Å². The van der Waals surface area contributed by atoms with E-state index >= 15 is 0 Å². The van der Waals surface area contributed by atoms with Crippen molar-refractivity contribution in [1.82, 2.24) is 0 Å². The number of rotatable bonds is 4. The number of benzene rings is 1. The van der Waals surface area contributed by atoms with Crippen LogP contribution >= 0.6 is 0 Å². The van der Waals surface area contributed by atoms with Crippen LogP contribution in [0.15, 0.2) is 76.6 Å². The minimum Gasteiger partial charge on any atom is -0.504 e. The SMILES string of the molecule is CC[C@@]12CC[C@@]3(C)C4=CC(=O)C(O)=C(C)C4=CC=C3[C@@]1(C)CC[C@@]1(C)CC[C@@](C)(C(=O)OCc3ccccc3)C[C@H]12. The van der Waals surface area contributed by atoms with Crippen molar-refractivity contribution in [2.75, 3.05) is 0 Å². The highest BCUT2D eigenvalue weighted by atomic mass is 16.5. The van der Waals surface area contributed by atoms with Crippen LogP contribution in [0.5, 0.6) is 0 Å². The van der Waals surface area contributed by atoms with Gasteiger partial charge in [0.15, 0.2) is 5.76 Å². The summed E-state index contributed by atoms with van der Waals surface area (Å²) in [6, 6.07) is 9.98. The Hall–Kier alpha value is -2.88. The molecule has 0 amide bonds. The molecule has 0 bridgehead atoms. The molecule has 6 rings (SSSR count). The van der Waals surface area contributed by atoms with Crippen LogP contribution in [0.1, 0.15) is 98.5 Å². The van der Waals surface area contributed by atoms with Gasteiger partial charge in [-0.3, -0.25) is 9.59 Å². The Morgan fingerprint density at radius 2 is 1.68 bits per heavy atom. The lowest BCUT2D eigenvalue weighted by Crippen LogP contribution is -2.63. The summed E-state index contributed by atoms with van der Waals surface area (Å²) in [7, 11) is 0. The first-order valence-electron chi connectivity index (χ1n) is 15.6. The monoisotopic (exact) mass is 554 g/mol. The lowest BCUT2D eigenvalue weighted by Gasteiger charge is -2.71. The molecule has 218 valence electrons. The van der Waals surface area contributed by atoms with E-state index in [1.165, 1.54) is 5.57 Å². The number of ether oxygens (including phenoxy) is 1. The van der Waals surface area contributed by atoms with Crippen molar-refractivity contribution >= 4 is 11.8 Å². The zero-order chi connectivity index (χ0) is 29.4. The third-order valence-electron chi connectivity index (χ3n) is 12.9. The van der Waals surface area contributed by atoms with Crippen LogP contribution in [0.3, 0.4) is 0 Å². The van der Waals surface area contributed by atoms with Gasteiger partial charge in [0.25, 0.3) is 0 Å². The molecule has 5 aliphatic rings. The summed E-state index contributed by atoms with van der Waals surface area (Å²) >= 11 is 0. The van der Waals surface area contributed by atoms with Gasteiger partial charge >= 0.3 is 5.97 Å². The van der Waals surface area contributed by atoms with Gasteiger partial charge in [-0.2, -0.15) is 0 Å². The van der Waals surface area contributed by atoms with Gasteiger partial charge < -0.3 is 9.84 Å². The smallest absolute Gasteiger partial charge is 0.312 e. The summed E-state index contributed by atoms with van der Waals surface area (Å²) in [5.41, 5.74) is 4.72. The van der Waals surface area contributed by atoms with Gasteiger partial charge in [0.1, 0.15) is 6.61 Å². The second-order valence-corrected chi connectivity index (χ2v) is 14.8. The van der Waals surface area contributed by atoms with Crippen LogP contribution in [0.25, 0.3) is 0 Å². The Balaban J connectivity index is 1.37. The van der Waals surface area contributed by atoms with E-state index in [4.69, 9.17) is 4.74 Å². The third kappa shape index (κ3) is 3.85. The summed E-state index contributed by atoms with van der Waals surface area (Å²) in [5, 5.41) is 10.4. The van der Waals surface area contributed by atoms with E-state index in [1.807, 2.05) is 37.3 Å². The average Bonchev–Trinajstić information content (AvgIpc) is 2.96. The second-order valence-electron chi connectivity index (χ2n) is 14.8. The fourth-order valence-corrected chi connectivity index (χ4v) is 10.1. The van der Waals surface area contributed by atoms with E-state index in [-0.39, 0.29) is 39.2 Å². The molecule has 1 aromatic rings. The highest BCUT2D eigenvalue weighted by molar-refractivity contribution is 6.06. The molecule has 1 N–H and O–H groups in total. The van der Waals surface area contributed by atoms with Crippen molar-refractivity contribution in [1.29, 1.82) is 0 Å². The largest absolute Gasteiger partial charge is 0.504 e. The van der Waals surface area contributed by atoms with Crippen LogP contribution in [0.2, 0.25) is 0 Å². The molecule has 0 aliphatic heterocycles. The fourth-order valence-electron chi connectivity index (χ4n) is 10.1. The van der Waals surface area contributed by atoms with Gasteiger partial charge in [-0.05, 0) is 110 Å². The molecule has 0 heterocycles. The molecule has 3 fully saturated rings. The van der Waals surface area contributed by atoms with Gasteiger partial charge in [-0.1, -0.05) is 75.8 Å². The first-order chi connectivity index (χ1) is 19.3. The highest BCUT2D eigenvalue weighted by Gasteiger charge is 2.68. The molecule has 0 spiro atoms. The van der Waals surface area contributed by atoms with E-state index in [2.05, 4.69) is 46.8 Å². The predicted octanol–water partition coefficient (Wildman–Crippen LogP) is 8.75. The van der Waals surface area contributed by atoms with Crippen LogP contribution in [0, 0.1) is 33.0 Å². The van der Waals surface area contributed by atoms with Crippen molar-refractivity contribution in [3.63, 3.8) is 0 Å². The lowest BCUT2D eigenvalue weighted by atomic mass is 9.33. The molecular formula is C37H46O4. The van der Waals surface area contributed by atoms with E-state index in [9.17, 15) is 14.7 Å². The van der Waals surface area contributed by atoms with Crippen LogP contribution in [-0.4, -0.2) is 16.9 Å². The minimum atomic E-state index is -0.494. The molecule has 1 aromatic carbocycles. The number of hydrogen-bond acceptors (Lipinski definition) is 4. The quantitative estimate of drug-likeness (QED) is 0.378. The molecule has 0 aromatic heterocycles. The number of esters is 1. The number of carbonyl (C=O) groups excluding carboxylic acids is 2. The van der Waals surface area contributed by atoms with Crippen molar-refractivity contribution in [2.24, 2.45) is 33.0 Å². The number of hydrogen-bond donors (Lipinski definition) is 1. The van der Waals surface area contributed by atoms with Gasteiger partial charge in [0, 0.05) is 11.0 Å². The van der Waals surface area contributed by atoms with Gasteiger partial charge in [0.2, 0.25) is 5.78 Å². The molecule has 0 saturated heterocycles. The zero-order valence-electron chi connectivity index (χ0n) is 25.7. The van der Waals surface area contributed by atoms with E-state index < -0.39 is 5.41 Å². The molecular weight excluding hydrogens is 508 g/mol. The normalized spacial score (nSPS) is 39.8. The summed E-state index contributed by atoms with van der Waals surface area (Å²) in [5.74, 6) is -0.0486. The Bertz CT molecular complexity index is 1430.